The Labute approximate surface area is 289 Å². The Kier molecular flexibility index (Phi) is 9.23. The predicted molar refractivity (Wildman–Crippen MR) is 179 cm³/mol. The lowest BCUT2D eigenvalue weighted by Crippen LogP contribution is -2.73. The highest BCUT2D eigenvalue weighted by atomic mass is 19.1. The molecule has 0 radical (unpaired) electrons. The van der Waals surface area contributed by atoms with Gasteiger partial charge in [-0.3, -0.25) is 9.59 Å². The maximum atomic E-state index is 16.3. The van der Waals surface area contributed by atoms with Crippen LogP contribution in [-0.4, -0.2) is 120 Å². The SMILES string of the molecule is CC(C)(C)OC(=O)NC1CCN(C(=O)C2=CN3C4CC5OC6CCCCC6C5CC4OC4C(NCCC5CCCN5)C(F)CC(C2=O)C43)C1. The number of alkyl halides is 1. The summed E-state index contributed by atoms with van der Waals surface area (Å²) >= 11 is 0. The molecule has 0 aromatic rings. The number of rotatable bonds is 6. The van der Waals surface area contributed by atoms with Gasteiger partial charge in [-0.05, 0) is 103 Å². The first kappa shape index (κ1) is 33.8. The summed E-state index contributed by atoms with van der Waals surface area (Å²) in [6.07, 6.45) is 10.2. The summed E-state index contributed by atoms with van der Waals surface area (Å²) in [6, 6.07) is -0.700. The van der Waals surface area contributed by atoms with E-state index in [1.807, 2.05) is 27.0 Å². The number of carbonyl (C=O) groups is 3. The number of ether oxygens (including phenoxy) is 3. The van der Waals surface area contributed by atoms with Gasteiger partial charge in [0.05, 0.1) is 54.2 Å². The van der Waals surface area contributed by atoms with Gasteiger partial charge < -0.3 is 40.0 Å². The summed E-state index contributed by atoms with van der Waals surface area (Å²) in [6.45, 7) is 7.87. The minimum atomic E-state index is -1.26. The zero-order valence-electron chi connectivity index (χ0n) is 29.4. The number of nitrogens with zero attached hydrogens (tertiary/aromatic N) is 2. The molecule has 13 atom stereocenters. The minimum Gasteiger partial charge on any atom is -0.444 e. The Bertz CT molecular complexity index is 1320. The highest BCUT2D eigenvalue weighted by Crippen LogP contribution is 2.52. The van der Waals surface area contributed by atoms with E-state index in [1.165, 1.54) is 25.7 Å². The average Bonchev–Trinajstić information content (AvgIpc) is 3.82. The molecule has 13 unspecified atom stereocenters. The number of hydrogen-bond acceptors (Lipinski definition) is 9. The molecule has 3 N–H and O–H groups in total. The fourth-order valence-electron chi connectivity index (χ4n) is 10.8. The number of halogens is 1. The van der Waals surface area contributed by atoms with Crippen LogP contribution < -0.4 is 16.0 Å². The Morgan fingerprint density at radius 3 is 2.65 bits per heavy atom. The molecule has 8 rings (SSSR count). The van der Waals surface area contributed by atoms with E-state index < -0.39 is 35.9 Å². The lowest BCUT2D eigenvalue weighted by Gasteiger charge is -2.60. The van der Waals surface area contributed by atoms with Crippen molar-refractivity contribution < 1.29 is 33.0 Å². The van der Waals surface area contributed by atoms with Gasteiger partial charge in [-0.1, -0.05) is 12.8 Å². The molecule has 0 aromatic carbocycles. The molecular weight excluding hydrogens is 629 g/mol. The van der Waals surface area contributed by atoms with Crippen LogP contribution >= 0.6 is 0 Å². The van der Waals surface area contributed by atoms with E-state index >= 15 is 4.39 Å². The molecule has 5 aliphatic heterocycles. The first-order chi connectivity index (χ1) is 23.5. The fourth-order valence-corrected chi connectivity index (χ4v) is 10.8. The zero-order chi connectivity index (χ0) is 34.0. The molecular formula is C37H56FN5O6. The summed E-state index contributed by atoms with van der Waals surface area (Å²) in [7, 11) is 0. The van der Waals surface area contributed by atoms with Crippen LogP contribution in [0.4, 0.5) is 9.18 Å². The molecule has 2 amide bonds. The number of carbonyl (C=O) groups excluding carboxylic acids is 3. The van der Waals surface area contributed by atoms with Crippen LogP contribution in [0.3, 0.4) is 0 Å². The van der Waals surface area contributed by atoms with Crippen LogP contribution in [0.1, 0.15) is 91.4 Å². The Morgan fingerprint density at radius 1 is 1.02 bits per heavy atom. The van der Waals surface area contributed by atoms with Crippen molar-refractivity contribution in [1.29, 1.82) is 0 Å². The highest BCUT2D eigenvalue weighted by Gasteiger charge is 2.61. The molecule has 7 fully saturated rings. The third kappa shape index (κ3) is 6.53. The molecule has 11 nitrogen and oxygen atoms in total. The maximum absolute atomic E-state index is 16.3. The van der Waals surface area contributed by atoms with Gasteiger partial charge in [-0.2, -0.15) is 0 Å². The van der Waals surface area contributed by atoms with Gasteiger partial charge in [0.25, 0.3) is 5.91 Å². The number of ketones is 1. The topological polar surface area (TPSA) is 121 Å². The van der Waals surface area contributed by atoms with Crippen molar-refractivity contribution >= 4 is 17.8 Å². The van der Waals surface area contributed by atoms with Crippen molar-refractivity contribution in [2.24, 2.45) is 17.8 Å². The minimum absolute atomic E-state index is 0.0410. The third-order valence-electron chi connectivity index (χ3n) is 12.9. The molecule has 3 saturated carbocycles. The predicted octanol–water partition coefficient (Wildman–Crippen LogP) is 3.21. The summed E-state index contributed by atoms with van der Waals surface area (Å²) < 4.78 is 35.5. The van der Waals surface area contributed by atoms with Crippen molar-refractivity contribution in [1.82, 2.24) is 25.8 Å². The quantitative estimate of drug-likeness (QED) is 0.362. The number of nitrogens with one attached hydrogen (secondary N) is 3. The van der Waals surface area contributed by atoms with E-state index in [1.54, 1.807) is 4.90 Å². The number of Topliss-reactive ketones (excluding diaryl/α,β-unsaturated/α-hetero) is 1. The van der Waals surface area contributed by atoms with Gasteiger partial charge in [-0.25, -0.2) is 9.18 Å². The first-order valence-electron chi connectivity index (χ1n) is 19.3. The molecule has 0 aromatic heterocycles. The van der Waals surface area contributed by atoms with Crippen LogP contribution in [0.5, 0.6) is 0 Å². The molecule has 0 spiro atoms. The second kappa shape index (κ2) is 13.4. The van der Waals surface area contributed by atoms with E-state index in [0.717, 1.165) is 38.6 Å². The molecule has 0 bridgehead atoms. The number of morpholine rings is 1. The van der Waals surface area contributed by atoms with E-state index in [2.05, 4.69) is 20.9 Å². The van der Waals surface area contributed by atoms with Crippen LogP contribution in [0.15, 0.2) is 11.8 Å². The van der Waals surface area contributed by atoms with Crippen LogP contribution in [0.25, 0.3) is 0 Å². The number of alkyl carbamates (subject to hydrolysis) is 1. The summed E-state index contributed by atoms with van der Waals surface area (Å²) in [5.74, 6) is -0.306. The molecule has 12 heteroatoms. The Hall–Kier alpha value is -2.28. The number of likely N-dealkylation sites (tertiary alicyclic amines) is 1. The lowest BCUT2D eigenvalue weighted by atomic mass is 9.67. The number of hydrogen-bond donors (Lipinski definition) is 3. The van der Waals surface area contributed by atoms with Crippen LogP contribution in [0, 0.1) is 17.8 Å². The molecule has 8 aliphatic rings. The second-order valence-electron chi connectivity index (χ2n) is 17.2. The monoisotopic (exact) mass is 685 g/mol. The maximum Gasteiger partial charge on any atom is 0.407 e. The summed E-state index contributed by atoms with van der Waals surface area (Å²) in [5, 5.41) is 9.98. The van der Waals surface area contributed by atoms with Gasteiger partial charge in [0.15, 0.2) is 5.78 Å². The average molecular weight is 686 g/mol. The zero-order valence-corrected chi connectivity index (χ0v) is 29.4. The van der Waals surface area contributed by atoms with Crippen LogP contribution in [-0.2, 0) is 23.8 Å². The van der Waals surface area contributed by atoms with E-state index in [0.29, 0.717) is 50.0 Å². The molecule has 49 heavy (non-hydrogen) atoms. The fraction of sp³-hybridized carbons (Fsp3) is 0.865. The second-order valence-corrected chi connectivity index (χ2v) is 17.2. The van der Waals surface area contributed by atoms with E-state index in [4.69, 9.17) is 14.2 Å². The van der Waals surface area contributed by atoms with Crippen molar-refractivity contribution in [3.05, 3.63) is 11.8 Å². The highest BCUT2D eigenvalue weighted by molar-refractivity contribution is 6.20. The van der Waals surface area contributed by atoms with Crippen molar-refractivity contribution in [3.8, 4) is 0 Å². The molecule has 272 valence electrons. The number of amides is 2. The van der Waals surface area contributed by atoms with Gasteiger partial charge in [0.2, 0.25) is 0 Å². The molecule has 3 aliphatic carbocycles. The number of fused-ring (bicyclic) bond motifs is 5. The van der Waals surface area contributed by atoms with Gasteiger partial charge >= 0.3 is 6.09 Å². The first-order valence-corrected chi connectivity index (χ1v) is 19.3. The largest absolute Gasteiger partial charge is 0.444 e. The lowest BCUT2D eigenvalue weighted by molar-refractivity contribution is -0.209. The van der Waals surface area contributed by atoms with Crippen LogP contribution in [0.2, 0.25) is 0 Å². The Balaban J connectivity index is 1.04. The van der Waals surface area contributed by atoms with Gasteiger partial charge in [0.1, 0.15) is 11.8 Å². The smallest absolute Gasteiger partial charge is 0.407 e. The third-order valence-corrected chi connectivity index (χ3v) is 12.9. The standard InChI is InChI=1S/C37H56FN5O6/c1-37(2,3)49-36(46)41-21-11-14-42(18-21)35(45)25-19-43-27-17-29-23(22-8-4-5-9-28(22)47-29)16-30(27)48-34-31(40-13-10-20-7-6-12-39-20)26(38)15-24(32(34)43)33(25)44/h19-24,26-32,34,39-40H,4-18H2,1-3H3,(H,41,46). The van der Waals surface area contributed by atoms with E-state index in [9.17, 15) is 14.4 Å². The van der Waals surface area contributed by atoms with Crippen molar-refractivity contribution in [2.45, 2.75) is 158 Å². The van der Waals surface area contributed by atoms with Gasteiger partial charge in [-0.15, -0.1) is 0 Å². The molecule has 4 saturated heterocycles. The van der Waals surface area contributed by atoms with Gasteiger partial charge in [0, 0.05) is 31.2 Å². The van der Waals surface area contributed by atoms with Crippen molar-refractivity contribution in [3.63, 3.8) is 0 Å². The summed E-state index contributed by atoms with van der Waals surface area (Å²) in [4.78, 5) is 44.7. The normalized spacial score (nSPS) is 42.9. The Morgan fingerprint density at radius 2 is 1.86 bits per heavy atom. The van der Waals surface area contributed by atoms with Crippen molar-refractivity contribution in [2.75, 3.05) is 26.2 Å². The summed E-state index contributed by atoms with van der Waals surface area (Å²) in [5.41, 5.74) is -0.494. The van der Waals surface area contributed by atoms with E-state index in [-0.39, 0.29) is 54.0 Å². The molecule has 5 heterocycles.